The summed E-state index contributed by atoms with van der Waals surface area (Å²) in [5.74, 6) is 0.247. The number of hydrogen-bond donors (Lipinski definition) is 1. The molecule has 0 saturated heterocycles. The number of alkyl halides is 3. The van der Waals surface area contributed by atoms with Gasteiger partial charge in [-0.1, -0.05) is 0 Å². The van der Waals surface area contributed by atoms with Gasteiger partial charge in [-0.25, -0.2) is 9.97 Å². The number of halogens is 3. The molecule has 0 amide bonds. The zero-order chi connectivity index (χ0) is 12.9. The van der Waals surface area contributed by atoms with Crippen LogP contribution in [-0.4, -0.2) is 29.4 Å². The van der Waals surface area contributed by atoms with Crippen molar-refractivity contribution in [2.24, 2.45) is 0 Å². The highest BCUT2D eigenvalue weighted by molar-refractivity contribution is 5.46. The maximum Gasteiger partial charge on any atom is 0.411 e. The monoisotopic (exact) mass is 246 g/mol. The van der Waals surface area contributed by atoms with Crippen molar-refractivity contribution in [3.05, 3.63) is 17.6 Å². The van der Waals surface area contributed by atoms with Crippen LogP contribution in [0.25, 0.3) is 0 Å². The van der Waals surface area contributed by atoms with Gasteiger partial charge in [-0.15, -0.1) is 0 Å². The fraction of sp³-hybridized carbons (Fsp3) is 0.444. The lowest BCUT2D eigenvalue weighted by Gasteiger charge is -2.07. The molecule has 0 aliphatic rings. The molecule has 0 bridgehead atoms. The molecule has 1 aromatic heterocycles. The normalized spacial score (nSPS) is 11.2. The SMILES string of the molecule is N#Cc1cnc(CCOCC(F)(F)F)nc1N. The number of rotatable bonds is 4. The van der Waals surface area contributed by atoms with E-state index in [1.54, 1.807) is 6.07 Å². The van der Waals surface area contributed by atoms with Gasteiger partial charge in [-0.3, -0.25) is 0 Å². The fourth-order valence-corrected chi connectivity index (χ4v) is 0.991. The van der Waals surface area contributed by atoms with Gasteiger partial charge in [-0.05, 0) is 0 Å². The van der Waals surface area contributed by atoms with E-state index in [-0.39, 0.29) is 30.2 Å². The van der Waals surface area contributed by atoms with Crippen LogP contribution in [0.5, 0.6) is 0 Å². The summed E-state index contributed by atoms with van der Waals surface area (Å²) in [4.78, 5) is 7.53. The highest BCUT2D eigenvalue weighted by Gasteiger charge is 2.27. The molecular weight excluding hydrogens is 237 g/mol. The van der Waals surface area contributed by atoms with Gasteiger partial charge in [0, 0.05) is 6.42 Å². The molecule has 92 valence electrons. The Kier molecular flexibility index (Phi) is 4.23. The second kappa shape index (κ2) is 5.45. The third-order valence-corrected chi connectivity index (χ3v) is 1.72. The fourth-order valence-electron chi connectivity index (χ4n) is 0.991. The second-order valence-electron chi connectivity index (χ2n) is 3.11. The van der Waals surface area contributed by atoms with E-state index in [0.29, 0.717) is 0 Å². The zero-order valence-corrected chi connectivity index (χ0v) is 8.66. The first-order valence-corrected chi connectivity index (χ1v) is 4.58. The van der Waals surface area contributed by atoms with E-state index >= 15 is 0 Å². The van der Waals surface area contributed by atoms with Crippen LogP contribution >= 0.6 is 0 Å². The quantitative estimate of drug-likeness (QED) is 0.802. The lowest BCUT2D eigenvalue weighted by Crippen LogP contribution is -2.18. The number of nitrogens with zero attached hydrogens (tertiary/aromatic N) is 3. The molecule has 0 unspecified atom stereocenters. The van der Waals surface area contributed by atoms with Crippen LogP contribution in [0.3, 0.4) is 0 Å². The Morgan fingerprint density at radius 3 is 2.71 bits per heavy atom. The van der Waals surface area contributed by atoms with E-state index in [1.165, 1.54) is 6.20 Å². The second-order valence-corrected chi connectivity index (χ2v) is 3.11. The number of nitrogens with two attached hydrogens (primary N) is 1. The number of anilines is 1. The number of nitriles is 1. The highest BCUT2D eigenvalue weighted by atomic mass is 19.4. The molecule has 0 fully saturated rings. The van der Waals surface area contributed by atoms with Crippen molar-refractivity contribution < 1.29 is 17.9 Å². The third kappa shape index (κ3) is 4.65. The van der Waals surface area contributed by atoms with Crippen LogP contribution in [0.2, 0.25) is 0 Å². The highest BCUT2D eigenvalue weighted by Crippen LogP contribution is 2.14. The van der Waals surface area contributed by atoms with E-state index in [1.807, 2.05) is 0 Å². The average molecular weight is 246 g/mol. The minimum atomic E-state index is -4.34. The van der Waals surface area contributed by atoms with Crippen LogP contribution in [-0.2, 0) is 11.2 Å². The van der Waals surface area contributed by atoms with Gasteiger partial charge in [-0.2, -0.15) is 18.4 Å². The Balaban J connectivity index is 2.43. The molecule has 1 rings (SSSR count). The van der Waals surface area contributed by atoms with Crippen LogP contribution in [0.1, 0.15) is 11.4 Å². The molecule has 5 nitrogen and oxygen atoms in total. The van der Waals surface area contributed by atoms with Gasteiger partial charge in [0.2, 0.25) is 0 Å². The zero-order valence-electron chi connectivity index (χ0n) is 8.66. The molecule has 0 aliphatic heterocycles. The maximum atomic E-state index is 11.7. The van der Waals surface area contributed by atoms with E-state index in [0.717, 1.165) is 0 Å². The summed E-state index contributed by atoms with van der Waals surface area (Å²) in [5.41, 5.74) is 5.54. The van der Waals surface area contributed by atoms with Crippen molar-refractivity contribution in [3.8, 4) is 6.07 Å². The van der Waals surface area contributed by atoms with Crippen molar-refractivity contribution in [2.45, 2.75) is 12.6 Å². The Bertz CT molecular complexity index is 427. The summed E-state index contributed by atoms with van der Waals surface area (Å²) in [6.45, 7) is -1.47. The van der Waals surface area contributed by atoms with Gasteiger partial charge in [0.05, 0.1) is 12.8 Å². The first kappa shape index (κ1) is 13.2. The summed E-state index contributed by atoms with van der Waals surface area (Å²) < 4.78 is 39.6. The molecule has 8 heteroatoms. The largest absolute Gasteiger partial charge is 0.411 e. The molecule has 0 aliphatic carbocycles. The smallest absolute Gasteiger partial charge is 0.382 e. The number of hydrogen-bond acceptors (Lipinski definition) is 5. The van der Waals surface area contributed by atoms with Gasteiger partial charge < -0.3 is 10.5 Å². The van der Waals surface area contributed by atoms with E-state index < -0.39 is 12.8 Å². The minimum Gasteiger partial charge on any atom is -0.382 e. The molecule has 0 aromatic carbocycles. The maximum absolute atomic E-state index is 11.7. The van der Waals surface area contributed by atoms with Crippen molar-refractivity contribution in [1.82, 2.24) is 9.97 Å². The lowest BCUT2D eigenvalue weighted by molar-refractivity contribution is -0.173. The van der Waals surface area contributed by atoms with Crippen LogP contribution in [0, 0.1) is 11.3 Å². The molecular formula is C9H9F3N4O. The van der Waals surface area contributed by atoms with Gasteiger partial charge >= 0.3 is 6.18 Å². The van der Waals surface area contributed by atoms with E-state index in [9.17, 15) is 13.2 Å². The summed E-state index contributed by atoms with van der Waals surface area (Å²) >= 11 is 0. The number of nitrogen functional groups attached to an aromatic ring is 1. The van der Waals surface area contributed by atoms with Crippen molar-refractivity contribution in [2.75, 3.05) is 18.9 Å². The predicted molar refractivity (Wildman–Crippen MR) is 51.7 cm³/mol. The minimum absolute atomic E-state index is 0.00770. The molecule has 0 atom stereocenters. The summed E-state index contributed by atoms with van der Waals surface area (Å²) in [5, 5.41) is 8.55. The molecule has 2 N–H and O–H groups in total. The first-order valence-electron chi connectivity index (χ1n) is 4.58. The molecule has 0 spiro atoms. The molecule has 0 radical (unpaired) electrons. The van der Waals surface area contributed by atoms with Gasteiger partial charge in [0.1, 0.15) is 29.9 Å². The first-order chi connectivity index (χ1) is 7.92. The van der Waals surface area contributed by atoms with Crippen molar-refractivity contribution in [3.63, 3.8) is 0 Å². The number of ether oxygens (including phenoxy) is 1. The summed E-state index contributed by atoms with van der Waals surface area (Å²) in [6, 6.07) is 1.78. The summed E-state index contributed by atoms with van der Waals surface area (Å²) in [6.07, 6.45) is -3.02. The van der Waals surface area contributed by atoms with Gasteiger partial charge in [0.25, 0.3) is 0 Å². The third-order valence-electron chi connectivity index (χ3n) is 1.72. The lowest BCUT2D eigenvalue weighted by atomic mass is 10.3. The molecule has 1 heterocycles. The Labute approximate surface area is 95.0 Å². The molecule has 17 heavy (non-hydrogen) atoms. The molecule has 0 saturated carbocycles. The molecule has 1 aromatic rings. The Morgan fingerprint density at radius 2 is 2.18 bits per heavy atom. The van der Waals surface area contributed by atoms with E-state index in [4.69, 9.17) is 11.0 Å². The summed E-state index contributed by atoms with van der Waals surface area (Å²) in [7, 11) is 0. The van der Waals surface area contributed by atoms with Crippen LogP contribution in [0.15, 0.2) is 6.20 Å². The van der Waals surface area contributed by atoms with Crippen molar-refractivity contribution in [1.29, 1.82) is 5.26 Å². The predicted octanol–water partition coefficient (Wildman–Crippen LogP) is 1.05. The van der Waals surface area contributed by atoms with Crippen LogP contribution < -0.4 is 5.73 Å². The Morgan fingerprint density at radius 1 is 1.47 bits per heavy atom. The standard InChI is InChI=1S/C9H9F3N4O/c10-9(11,12)5-17-2-1-7-15-4-6(3-13)8(14)16-7/h4H,1-2,5H2,(H2,14,15,16). The topological polar surface area (TPSA) is 84.8 Å². The number of aromatic nitrogens is 2. The average Bonchev–Trinajstić information content (AvgIpc) is 2.23. The Hall–Kier alpha value is -1.88. The van der Waals surface area contributed by atoms with Crippen LogP contribution in [0.4, 0.5) is 19.0 Å². The van der Waals surface area contributed by atoms with E-state index in [2.05, 4.69) is 14.7 Å². The van der Waals surface area contributed by atoms with Gasteiger partial charge in [0.15, 0.2) is 0 Å². The van der Waals surface area contributed by atoms with Crippen molar-refractivity contribution >= 4 is 5.82 Å².